The molecule has 7 heteroatoms. The molecule has 4 rings (SSSR count). The summed E-state index contributed by atoms with van der Waals surface area (Å²) in [5.74, 6) is 0.633. The van der Waals surface area contributed by atoms with E-state index in [1.807, 2.05) is 30.3 Å². The fraction of sp³-hybridized carbons (Fsp3) is 0.0556. The van der Waals surface area contributed by atoms with E-state index in [9.17, 15) is 5.11 Å². The average Bonchev–Trinajstić information content (AvgIpc) is 3.32. The average molecular weight is 369 g/mol. The molecule has 5 nitrogen and oxygen atoms in total. The highest BCUT2D eigenvalue weighted by Gasteiger charge is 2.21. The topological polar surface area (TPSA) is 74.7 Å². The molecular formula is C18H13ClN4OS. The number of aliphatic hydroxyl groups is 1. The summed E-state index contributed by atoms with van der Waals surface area (Å²) in [5, 5.41) is 18.4. The van der Waals surface area contributed by atoms with Crippen LogP contribution in [-0.4, -0.2) is 25.3 Å². The number of nitrogens with zero attached hydrogens (tertiary/aromatic N) is 3. The third-order valence-corrected chi connectivity index (χ3v) is 5.29. The Balaban J connectivity index is 1.82. The highest BCUT2D eigenvalue weighted by atomic mass is 35.5. The predicted molar refractivity (Wildman–Crippen MR) is 98.4 cm³/mol. The Bertz CT molecular complexity index is 968. The van der Waals surface area contributed by atoms with E-state index in [0.717, 1.165) is 26.4 Å². The lowest BCUT2D eigenvalue weighted by atomic mass is 10.0. The van der Waals surface area contributed by atoms with Crippen LogP contribution in [0, 0.1) is 0 Å². The zero-order valence-corrected chi connectivity index (χ0v) is 14.5. The number of benzene rings is 1. The summed E-state index contributed by atoms with van der Waals surface area (Å²) in [6.07, 6.45) is 4.17. The van der Waals surface area contributed by atoms with Gasteiger partial charge in [-0.05, 0) is 41.5 Å². The Morgan fingerprint density at radius 2 is 1.84 bits per heavy atom. The SMILES string of the molecule is O[C@@H](c1ccc(Cl)cc1)c1cc(-c2ccncc2)sc1-c1ncn[nH]1. The quantitative estimate of drug-likeness (QED) is 0.562. The van der Waals surface area contributed by atoms with Crippen molar-refractivity contribution >= 4 is 22.9 Å². The normalized spacial score (nSPS) is 12.2. The van der Waals surface area contributed by atoms with Gasteiger partial charge in [-0.1, -0.05) is 23.7 Å². The number of nitrogens with one attached hydrogen (secondary N) is 1. The van der Waals surface area contributed by atoms with E-state index < -0.39 is 6.10 Å². The Labute approximate surface area is 153 Å². The van der Waals surface area contributed by atoms with Crippen LogP contribution in [0.15, 0.2) is 61.2 Å². The lowest BCUT2D eigenvalue weighted by molar-refractivity contribution is 0.221. The second-order valence-electron chi connectivity index (χ2n) is 5.42. The Hall–Kier alpha value is -2.54. The summed E-state index contributed by atoms with van der Waals surface area (Å²) >= 11 is 7.50. The summed E-state index contributed by atoms with van der Waals surface area (Å²) in [6, 6.07) is 13.0. The number of thiophene rings is 1. The van der Waals surface area contributed by atoms with Crippen molar-refractivity contribution in [2.24, 2.45) is 0 Å². The zero-order valence-electron chi connectivity index (χ0n) is 12.9. The molecule has 0 amide bonds. The van der Waals surface area contributed by atoms with Crippen molar-refractivity contribution in [3.8, 4) is 21.1 Å². The molecule has 0 aliphatic carbocycles. The van der Waals surface area contributed by atoms with Gasteiger partial charge in [0.15, 0.2) is 5.82 Å². The first kappa shape index (κ1) is 16.0. The zero-order chi connectivity index (χ0) is 17.2. The molecule has 2 N–H and O–H groups in total. The van der Waals surface area contributed by atoms with Crippen molar-refractivity contribution < 1.29 is 5.11 Å². The summed E-state index contributed by atoms with van der Waals surface area (Å²) < 4.78 is 0. The lowest BCUT2D eigenvalue weighted by Gasteiger charge is -2.11. The molecule has 0 radical (unpaired) electrons. The van der Waals surface area contributed by atoms with Crippen molar-refractivity contribution in [1.82, 2.24) is 20.2 Å². The van der Waals surface area contributed by atoms with Crippen molar-refractivity contribution in [3.05, 3.63) is 77.3 Å². The van der Waals surface area contributed by atoms with E-state index in [4.69, 9.17) is 11.6 Å². The minimum atomic E-state index is -0.788. The van der Waals surface area contributed by atoms with Crippen LogP contribution in [0.5, 0.6) is 0 Å². The van der Waals surface area contributed by atoms with Crippen LogP contribution in [0.1, 0.15) is 17.2 Å². The predicted octanol–water partition coefficient (Wildman–Crippen LogP) is 4.33. The van der Waals surface area contributed by atoms with Gasteiger partial charge in [0.2, 0.25) is 0 Å². The Morgan fingerprint density at radius 3 is 2.52 bits per heavy atom. The fourth-order valence-electron chi connectivity index (χ4n) is 2.59. The molecule has 1 aromatic carbocycles. The molecule has 25 heavy (non-hydrogen) atoms. The summed E-state index contributed by atoms with van der Waals surface area (Å²) in [7, 11) is 0. The number of halogens is 1. The molecule has 0 unspecified atom stereocenters. The highest BCUT2D eigenvalue weighted by Crippen LogP contribution is 2.41. The Morgan fingerprint density at radius 1 is 1.08 bits per heavy atom. The molecule has 0 saturated heterocycles. The standard InChI is InChI=1S/C18H13ClN4OS/c19-13-3-1-12(2-4-13)16(24)14-9-15(11-5-7-20-8-6-11)25-17(14)18-21-10-22-23-18/h1-10,16,24H,(H,21,22,23)/t16-/m0/s1. The number of hydrogen-bond acceptors (Lipinski definition) is 5. The second-order valence-corrected chi connectivity index (χ2v) is 6.91. The van der Waals surface area contributed by atoms with Gasteiger partial charge in [-0.15, -0.1) is 11.3 Å². The number of aromatic nitrogens is 4. The number of aromatic amines is 1. The van der Waals surface area contributed by atoms with Crippen LogP contribution in [0.2, 0.25) is 5.02 Å². The molecule has 0 aliphatic rings. The number of H-pyrrole nitrogens is 1. The van der Waals surface area contributed by atoms with Crippen LogP contribution in [0.25, 0.3) is 21.1 Å². The first-order valence-electron chi connectivity index (χ1n) is 7.56. The van der Waals surface area contributed by atoms with Gasteiger partial charge in [0.1, 0.15) is 12.4 Å². The molecule has 1 atom stereocenters. The monoisotopic (exact) mass is 368 g/mol. The molecule has 3 heterocycles. The van der Waals surface area contributed by atoms with E-state index in [1.165, 1.54) is 6.33 Å². The third kappa shape index (κ3) is 3.19. The molecule has 3 aromatic heterocycles. The van der Waals surface area contributed by atoms with Crippen molar-refractivity contribution in [3.63, 3.8) is 0 Å². The van der Waals surface area contributed by atoms with Crippen LogP contribution >= 0.6 is 22.9 Å². The van der Waals surface area contributed by atoms with Crippen LogP contribution in [-0.2, 0) is 0 Å². The minimum Gasteiger partial charge on any atom is -0.384 e. The molecular weight excluding hydrogens is 356 g/mol. The van der Waals surface area contributed by atoms with E-state index in [0.29, 0.717) is 10.8 Å². The molecule has 124 valence electrons. The number of pyridine rings is 1. The summed E-state index contributed by atoms with van der Waals surface area (Å²) in [6.45, 7) is 0. The van der Waals surface area contributed by atoms with Gasteiger partial charge in [-0.25, -0.2) is 4.98 Å². The van der Waals surface area contributed by atoms with E-state index in [-0.39, 0.29) is 0 Å². The third-order valence-electron chi connectivity index (χ3n) is 3.84. The van der Waals surface area contributed by atoms with Gasteiger partial charge in [-0.2, -0.15) is 5.10 Å². The van der Waals surface area contributed by atoms with Crippen molar-refractivity contribution in [2.75, 3.05) is 0 Å². The van der Waals surface area contributed by atoms with Gasteiger partial charge in [0, 0.05) is 27.9 Å². The maximum absolute atomic E-state index is 10.9. The molecule has 0 spiro atoms. The summed E-state index contributed by atoms with van der Waals surface area (Å²) in [5.41, 5.74) is 2.58. The largest absolute Gasteiger partial charge is 0.384 e. The maximum Gasteiger partial charge on any atom is 0.165 e. The van der Waals surface area contributed by atoms with Gasteiger partial charge >= 0.3 is 0 Å². The van der Waals surface area contributed by atoms with Crippen molar-refractivity contribution in [2.45, 2.75) is 6.10 Å². The molecule has 0 aliphatic heterocycles. The smallest absolute Gasteiger partial charge is 0.165 e. The number of hydrogen-bond donors (Lipinski definition) is 2. The van der Waals surface area contributed by atoms with Gasteiger partial charge in [0.25, 0.3) is 0 Å². The second kappa shape index (κ2) is 6.76. The van der Waals surface area contributed by atoms with Gasteiger partial charge in [0.05, 0.1) is 4.88 Å². The van der Waals surface area contributed by atoms with Crippen LogP contribution < -0.4 is 0 Å². The molecule has 4 aromatic rings. The van der Waals surface area contributed by atoms with Crippen molar-refractivity contribution in [1.29, 1.82) is 0 Å². The first-order valence-corrected chi connectivity index (χ1v) is 8.75. The summed E-state index contributed by atoms with van der Waals surface area (Å²) in [4.78, 5) is 10.2. The van der Waals surface area contributed by atoms with Crippen LogP contribution in [0.3, 0.4) is 0 Å². The van der Waals surface area contributed by atoms with Gasteiger partial charge < -0.3 is 5.11 Å². The lowest BCUT2D eigenvalue weighted by Crippen LogP contribution is -2.00. The Kier molecular flexibility index (Phi) is 4.31. The molecule has 0 fully saturated rings. The first-order chi connectivity index (χ1) is 12.2. The van der Waals surface area contributed by atoms with Crippen LogP contribution in [0.4, 0.5) is 0 Å². The maximum atomic E-state index is 10.9. The minimum absolute atomic E-state index is 0.633. The fourth-order valence-corrected chi connectivity index (χ4v) is 3.86. The number of aliphatic hydroxyl groups excluding tert-OH is 1. The van der Waals surface area contributed by atoms with E-state index in [2.05, 4.69) is 20.2 Å². The highest BCUT2D eigenvalue weighted by molar-refractivity contribution is 7.19. The van der Waals surface area contributed by atoms with E-state index >= 15 is 0 Å². The number of rotatable bonds is 4. The van der Waals surface area contributed by atoms with E-state index in [1.54, 1.807) is 35.9 Å². The molecule has 0 bridgehead atoms. The molecule has 0 saturated carbocycles. The van der Waals surface area contributed by atoms with Gasteiger partial charge in [-0.3, -0.25) is 10.1 Å².